The molecule has 0 spiro atoms. The van der Waals surface area contributed by atoms with Crippen LogP contribution in [0.5, 0.6) is 0 Å². The summed E-state index contributed by atoms with van der Waals surface area (Å²) in [7, 11) is 0. The molecule has 1 aliphatic rings. The summed E-state index contributed by atoms with van der Waals surface area (Å²) in [5.74, 6) is -0.825. The van der Waals surface area contributed by atoms with Crippen LogP contribution < -0.4 is 0 Å². The maximum Gasteiger partial charge on any atom is 0.409 e. The van der Waals surface area contributed by atoms with E-state index >= 15 is 0 Å². The molecule has 2 aromatic carbocycles. The van der Waals surface area contributed by atoms with Crippen molar-refractivity contribution in [2.75, 3.05) is 0 Å². The molecule has 0 radical (unpaired) electrons. The van der Waals surface area contributed by atoms with Gasteiger partial charge < -0.3 is 0 Å². The highest BCUT2D eigenvalue weighted by Gasteiger charge is 2.23. The van der Waals surface area contributed by atoms with Crippen molar-refractivity contribution < 1.29 is 22.0 Å². The predicted octanol–water partition coefficient (Wildman–Crippen LogP) is 8.31. The van der Waals surface area contributed by atoms with Gasteiger partial charge >= 0.3 is 6.18 Å². The molecule has 0 unspecified atom stereocenters. The highest BCUT2D eigenvalue weighted by atomic mass is 19.4. The largest absolute Gasteiger partial charge is 0.409 e. The van der Waals surface area contributed by atoms with Crippen molar-refractivity contribution in [2.24, 2.45) is 5.92 Å². The van der Waals surface area contributed by atoms with E-state index in [2.05, 4.69) is 37.3 Å². The van der Waals surface area contributed by atoms with E-state index in [1.54, 1.807) is 0 Å². The van der Waals surface area contributed by atoms with Crippen LogP contribution in [0.3, 0.4) is 0 Å². The Morgan fingerprint density at radius 2 is 1.55 bits per heavy atom. The Balaban J connectivity index is 1.48. The summed E-state index contributed by atoms with van der Waals surface area (Å²) in [4.78, 5) is 0. The van der Waals surface area contributed by atoms with Crippen LogP contribution in [0, 0.1) is 24.5 Å². The van der Waals surface area contributed by atoms with Gasteiger partial charge in [0, 0.05) is 11.6 Å². The SMILES string of the molecule is Cc1ccc(C2CCC(/C=C/CCc3cc(F)c(/C=C/C(F)(F)F)c(F)c3)CC2)cc1. The topological polar surface area (TPSA) is 0 Å². The van der Waals surface area contributed by atoms with Gasteiger partial charge in [-0.2, -0.15) is 13.2 Å². The van der Waals surface area contributed by atoms with Crippen molar-refractivity contribution in [1.82, 2.24) is 0 Å². The minimum absolute atomic E-state index is 0.162. The molecule has 166 valence electrons. The van der Waals surface area contributed by atoms with Crippen LogP contribution in [0.25, 0.3) is 6.08 Å². The van der Waals surface area contributed by atoms with Crippen molar-refractivity contribution in [1.29, 1.82) is 0 Å². The first-order valence-electron chi connectivity index (χ1n) is 10.7. The van der Waals surface area contributed by atoms with E-state index in [1.165, 1.54) is 11.1 Å². The summed E-state index contributed by atoms with van der Waals surface area (Å²) >= 11 is 0. The van der Waals surface area contributed by atoms with Gasteiger partial charge in [-0.15, -0.1) is 0 Å². The smallest absolute Gasteiger partial charge is 0.206 e. The minimum Gasteiger partial charge on any atom is -0.206 e. The van der Waals surface area contributed by atoms with Gasteiger partial charge in [0.15, 0.2) is 0 Å². The fourth-order valence-corrected chi connectivity index (χ4v) is 4.14. The Bertz CT molecular complexity index is 891. The van der Waals surface area contributed by atoms with Crippen LogP contribution in [0.1, 0.15) is 60.3 Å². The summed E-state index contributed by atoms with van der Waals surface area (Å²) in [6.07, 6.45) is 5.52. The molecule has 0 nitrogen and oxygen atoms in total. The number of halogens is 5. The Morgan fingerprint density at radius 1 is 0.935 bits per heavy atom. The zero-order valence-electron chi connectivity index (χ0n) is 17.6. The Hall–Kier alpha value is -2.43. The number of rotatable bonds is 6. The Kier molecular flexibility index (Phi) is 7.69. The molecule has 1 aliphatic carbocycles. The molecular weight excluding hydrogens is 407 g/mol. The van der Waals surface area contributed by atoms with Gasteiger partial charge in [0.2, 0.25) is 0 Å². The molecule has 1 saturated carbocycles. The van der Waals surface area contributed by atoms with Crippen LogP contribution in [-0.4, -0.2) is 6.18 Å². The molecular formula is C26H27F5. The van der Waals surface area contributed by atoms with Crippen LogP contribution >= 0.6 is 0 Å². The molecule has 5 heteroatoms. The first-order valence-corrected chi connectivity index (χ1v) is 10.7. The fraction of sp³-hybridized carbons (Fsp3) is 0.385. The minimum atomic E-state index is -4.61. The monoisotopic (exact) mass is 434 g/mol. The predicted molar refractivity (Wildman–Crippen MR) is 115 cm³/mol. The van der Waals surface area contributed by atoms with Crippen LogP contribution in [0.2, 0.25) is 0 Å². The van der Waals surface area contributed by atoms with Crippen molar-refractivity contribution in [3.63, 3.8) is 0 Å². The lowest BCUT2D eigenvalue weighted by Gasteiger charge is -2.27. The number of benzene rings is 2. The molecule has 31 heavy (non-hydrogen) atoms. The quantitative estimate of drug-likeness (QED) is 0.317. The van der Waals surface area contributed by atoms with E-state index in [9.17, 15) is 22.0 Å². The number of aryl methyl sites for hydroxylation is 2. The van der Waals surface area contributed by atoms with Crippen molar-refractivity contribution >= 4 is 6.08 Å². The molecule has 3 rings (SSSR count). The second-order valence-corrected chi connectivity index (χ2v) is 8.34. The van der Waals surface area contributed by atoms with Crippen molar-refractivity contribution in [3.8, 4) is 0 Å². The summed E-state index contributed by atoms with van der Waals surface area (Å²) < 4.78 is 64.7. The van der Waals surface area contributed by atoms with Gasteiger partial charge in [0.05, 0.1) is 0 Å². The van der Waals surface area contributed by atoms with Gasteiger partial charge in [0.25, 0.3) is 0 Å². The normalized spacial score (nSPS) is 20.1. The zero-order valence-corrected chi connectivity index (χ0v) is 17.6. The first kappa shape index (κ1) is 23.2. The van der Waals surface area contributed by atoms with Gasteiger partial charge in [-0.3, -0.25) is 0 Å². The van der Waals surface area contributed by atoms with Gasteiger partial charge in [-0.05, 0) is 86.6 Å². The molecule has 1 fully saturated rings. The number of allylic oxidation sites excluding steroid dienone is 3. The van der Waals surface area contributed by atoms with Crippen molar-refractivity contribution in [2.45, 2.75) is 57.5 Å². The van der Waals surface area contributed by atoms with Crippen molar-refractivity contribution in [3.05, 3.63) is 88.5 Å². The zero-order chi connectivity index (χ0) is 22.4. The molecule has 0 saturated heterocycles. The lowest BCUT2D eigenvalue weighted by Crippen LogP contribution is -2.11. The molecule has 0 atom stereocenters. The fourth-order valence-electron chi connectivity index (χ4n) is 4.14. The summed E-state index contributed by atoms with van der Waals surface area (Å²) in [5.41, 5.74) is 2.45. The standard InChI is InChI=1S/C26H27F5/c1-18-6-10-21(11-7-18)22-12-8-19(9-13-22)4-2-3-5-20-16-24(27)23(25(28)17-20)14-15-26(29,30)31/h2,4,6-7,10-11,14-17,19,22H,3,5,8-9,12-13H2,1H3/b4-2+,15-14+. The maximum atomic E-state index is 14.0. The summed E-state index contributed by atoms with van der Waals surface area (Å²) in [6, 6.07) is 11.0. The van der Waals surface area contributed by atoms with Gasteiger partial charge in [0.1, 0.15) is 11.6 Å². The van der Waals surface area contributed by atoms with Crippen LogP contribution in [0.4, 0.5) is 22.0 Å². The van der Waals surface area contributed by atoms with E-state index < -0.39 is 23.4 Å². The molecule has 0 bridgehead atoms. The number of alkyl halides is 3. The average Bonchev–Trinajstić information content (AvgIpc) is 2.71. The average molecular weight is 434 g/mol. The second-order valence-electron chi connectivity index (χ2n) is 8.34. The molecule has 0 aromatic heterocycles. The van der Waals surface area contributed by atoms with Crippen LogP contribution in [-0.2, 0) is 6.42 Å². The van der Waals surface area contributed by atoms with E-state index in [1.807, 2.05) is 6.08 Å². The van der Waals surface area contributed by atoms with Gasteiger partial charge in [-0.25, -0.2) is 8.78 Å². The van der Waals surface area contributed by atoms with E-state index in [-0.39, 0.29) is 6.08 Å². The second kappa shape index (κ2) is 10.3. The highest BCUT2D eigenvalue weighted by molar-refractivity contribution is 5.52. The molecule has 0 heterocycles. The molecule has 0 N–H and O–H groups in total. The molecule has 0 amide bonds. The third-order valence-electron chi connectivity index (χ3n) is 5.91. The lowest BCUT2D eigenvalue weighted by molar-refractivity contribution is -0.0790. The molecule has 2 aromatic rings. The number of hydrogen-bond donors (Lipinski definition) is 0. The van der Waals surface area contributed by atoms with E-state index in [0.29, 0.717) is 36.3 Å². The summed E-state index contributed by atoms with van der Waals surface area (Å²) in [5, 5.41) is 0. The highest BCUT2D eigenvalue weighted by Crippen LogP contribution is 2.36. The van der Waals surface area contributed by atoms with Gasteiger partial charge in [-0.1, -0.05) is 42.0 Å². The third-order valence-corrected chi connectivity index (χ3v) is 5.91. The maximum absolute atomic E-state index is 14.0. The summed E-state index contributed by atoms with van der Waals surface area (Å²) in [6.45, 7) is 2.09. The number of hydrogen-bond acceptors (Lipinski definition) is 0. The van der Waals surface area contributed by atoms with E-state index in [0.717, 1.165) is 37.8 Å². The first-order chi connectivity index (χ1) is 14.7. The Labute approximate surface area is 180 Å². The van der Waals surface area contributed by atoms with E-state index in [4.69, 9.17) is 0 Å². The van der Waals surface area contributed by atoms with Crippen LogP contribution in [0.15, 0.2) is 54.6 Å². The molecule has 0 aliphatic heterocycles. The third kappa shape index (κ3) is 7.05. The Morgan fingerprint density at radius 3 is 2.13 bits per heavy atom. The lowest BCUT2D eigenvalue weighted by atomic mass is 9.78.